The fourth-order valence-electron chi connectivity index (χ4n) is 1.35. The summed E-state index contributed by atoms with van der Waals surface area (Å²) < 4.78 is 2.84. The van der Waals surface area contributed by atoms with Crippen LogP contribution in [0.4, 0.5) is 0 Å². The largest absolute Gasteiger partial charge is 0.323 e. The molecule has 2 aromatic rings. The van der Waals surface area contributed by atoms with E-state index in [4.69, 9.17) is 5.73 Å². The summed E-state index contributed by atoms with van der Waals surface area (Å²) >= 11 is 3.49. The normalized spacial score (nSPS) is 12.7. The number of rotatable bonds is 2. The van der Waals surface area contributed by atoms with Gasteiger partial charge in [0.2, 0.25) is 0 Å². The number of nitrogens with zero attached hydrogens (tertiary/aromatic N) is 2. The van der Waals surface area contributed by atoms with Gasteiger partial charge in [0.1, 0.15) is 0 Å². The van der Waals surface area contributed by atoms with Crippen LogP contribution in [0.15, 0.2) is 41.0 Å². The minimum Gasteiger partial charge on any atom is -0.323 e. The molecule has 0 radical (unpaired) electrons. The van der Waals surface area contributed by atoms with Crippen LogP contribution in [0.5, 0.6) is 0 Å². The van der Waals surface area contributed by atoms with Crippen LogP contribution in [0, 0.1) is 0 Å². The Labute approximate surface area is 97.0 Å². The highest BCUT2D eigenvalue weighted by molar-refractivity contribution is 9.10. The minimum atomic E-state index is -0.0336. The molecular formula is C11H12BrN3. The molecule has 4 heteroatoms. The zero-order chi connectivity index (χ0) is 10.8. The van der Waals surface area contributed by atoms with Gasteiger partial charge in [0.25, 0.3) is 0 Å². The first kappa shape index (κ1) is 10.4. The van der Waals surface area contributed by atoms with Crippen molar-refractivity contribution >= 4 is 15.9 Å². The Kier molecular flexibility index (Phi) is 2.88. The first-order valence-electron chi connectivity index (χ1n) is 4.74. The van der Waals surface area contributed by atoms with Crippen LogP contribution in [-0.4, -0.2) is 9.78 Å². The number of halogens is 1. The average Bonchev–Trinajstić information content (AvgIpc) is 2.67. The molecule has 0 saturated heterocycles. The molecule has 3 nitrogen and oxygen atoms in total. The second-order valence-electron chi connectivity index (χ2n) is 3.43. The average molecular weight is 266 g/mol. The number of hydrogen-bond acceptors (Lipinski definition) is 2. The lowest BCUT2D eigenvalue weighted by Gasteiger charge is -2.04. The van der Waals surface area contributed by atoms with Gasteiger partial charge < -0.3 is 5.73 Å². The fraction of sp³-hybridized carbons (Fsp3) is 0.182. The molecule has 1 aromatic heterocycles. The number of nitrogens with two attached hydrogens (primary N) is 1. The van der Waals surface area contributed by atoms with Crippen molar-refractivity contribution in [2.24, 2.45) is 5.73 Å². The van der Waals surface area contributed by atoms with Crippen LogP contribution < -0.4 is 5.73 Å². The van der Waals surface area contributed by atoms with E-state index < -0.39 is 0 Å². The molecule has 15 heavy (non-hydrogen) atoms. The van der Waals surface area contributed by atoms with E-state index in [9.17, 15) is 0 Å². The van der Waals surface area contributed by atoms with Gasteiger partial charge in [0.05, 0.1) is 11.4 Å². The molecule has 0 aliphatic rings. The zero-order valence-electron chi connectivity index (χ0n) is 8.39. The fourth-order valence-corrected chi connectivity index (χ4v) is 1.82. The predicted octanol–water partition coefficient (Wildman–Crippen LogP) is 2.65. The summed E-state index contributed by atoms with van der Waals surface area (Å²) in [4.78, 5) is 0. The molecule has 0 spiro atoms. The van der Waals surface area contributed by atoms with Crippen molar-refractivity contribution in [2.75, 3.05) is 0 Å². The summed E-state index contributed by atoms with van der Waals surface area (Å²) in [7, 11) is 0. The molecule has 2 N–H and O–H groups in total. The molecule has 1 heterocycles. The Morgan fingerprint density at radius 3 is 2.67 bits per heavy atom. The van der Waals surface area contributed by atoms with Crippen LogP contribution >= 0.6 is 15.9 Å². The smallest absolute Gasteiger partial charge is 0.0793 e. The Hall–Kier alpha value is -1.13. The molecule has 78 valence electrons. The molecule has 1 atom stereocenters. The third-order valence-electron chi connectivity index (χ3n) is 2.18. The molecule has 0 amide bonds. The predicted molar refractivity (Wildman–Crippen MR) is 63.9 cm³/mol. The topological polar surface area (TPSA) is 43.8 Å². The van der Waals surface area contributed by atoms with Gasteiger partial charge in [0, 0.05) is 16.7 Å². The molecule has 0 aliphatic carbocycles. The second-order valence-corrected chi connectivity index (χ2v) is 4.28. The van der Waals surface area contributed by atoms with Crippen LogP contribution in [0.25, 0.3) is 5.69 Å². The van der Waals surface area contributed by atoms with Crippen LogP contribution in [-0.2, 0) is 0 Å². The van der Waals surface area contributed by atoms with Crippen molar-refractivity contribution in [2.45, 2.75) is 13.0 Å². The van der Waals surface area contributed by atoms with Gasteiger partial charge in [-0.25, -0.2) is 4.68 Å². The Bertz CT molecular complexity index is 462. The highest BCUT2D eigenvalue weighted by Gasteiger charge is 2.06. The zero-order valence-corrected chi connectivity index (χ0v) is 9.98. The molecule has 0 bridgehead atoms. The van der Waals surface area contributed by atoms with E-state index in [1.807, 2.05) is 48.1 Å². The minimum absolute atomic E-state index is 0.0336. The quantitative estimate of drug-likeness (QED) is 0.908. The van der Waals surface area contributed by atoms with Gasteiger partial charge in [-0.05, 0) is 41.1 Å². The van der Waals surface area contributed by atoms with Crippen LogP contribution in [0.3, 0.4) is 0 Å². The van der Waals surface area contributed by atoms with Gasteiger partial charge >= 0.3 is 0 Å². The van der Waals surface area contributed by atoms with E-state index >= 15 is 0 Å². The maximum Gasteiger partial charge on any atom is 0.0793 e. The molecule has 0 saturated carbocycles. The summed E-state index contributed by atoms with van der Waals surface area (Å²) in [6, 6.07) is 9.85. The van der Waals surface area contributed by atoms with Gasteiger partial charge in [-0.15, -0.1) is 0 Å². The van der Waals surface area contributed by atoms with Crippen molar-refractivity contribution in [3.63, 3.8) is 0 Å². The van der Waals surface area contributed by atoms with Gasteiger partial charge in [0.15, 0.2) is 0 Å². The Morgan fingerprint density at radius 1 is 1.33 bits per heavy atom. The highest BCUT2D eigenvalue weighted by Crippen LogP contribution is 2.20. The summed E-state index contributed by atoms with van der Waals surface area (Å²) in [6.45, 7) is 1.92. The van der Waals surface area contributed by atoms with Crippen molar-refractivity contribution < 1.29 is 0 Å². The summed E-state index contributed by atoms with van der Waals surface area (Å²) in [5, 5.41) is 4.40. The first-order valence-corrected chi connectivity index (χ1v) is 5.54. The summed E-state index contributed by atoms with van der Waals surface area (Å²) in [5.41, 5.74) is 7.67. The highest BCUT2D eigenvalue weighted by atomic mass is 79.9. The van der Waals surface area contributed by atoms with Gasteiger partial charge in [-0.3, -0.25) is 0 Å². The van der Waals surface area contributed by atoms with Crippen molar-refractivity contribution in [3.05, 3.63) is 46.7 Å². The number of aromatic nitrogens is 2. The SMILES string of the molecule is C[C@H](N)c1ccn(-c2ccccc2Br)n1. The van der Waals surface area contributed by atoms with Crippen molar-refractivity contribution in [1.29, 1.82) is 0 Å². The molecule has 2 rings (SSSR count). The van der Waals surface area contributed by atoms with E-state index in [-0.39, 0.29) is 6.04 Å². The van der Waals surface area contributed by atoms with Gasteiger partial charge in [-0.2, -0.15) is 5.10 Å². The second kappa shape index (κ2) is 4.16. The monoisotopic (exact) mass is 265 g/mol. The molecule has 1 aromatic carbocycles. The van der Waals surface area contributed by atoms with Crippen molar-refractivity contribution in [3.8, 4) is 5.69 Å². The van der Waals surface area contributed by atoms with Gasteiger partial charge in [-0.1, -0.05) is 12.1 Å². The molecule has 0 unspecified atom stereocenters. The van der Waals surface area contributed by atoms with E-state index in [1.165, 1.54) is 0 Å². The summed E-state index contributed by atoms with van der Waals surface area (Å²) in [6.07, 6.45) is 1.92. The van der Waals surface area contributed by atoms with E-state index in [0.29, 0.717) is 0 Å². The van der Waals surface area contributed by atoms with E-state index in [2.05, 4.69) is 21.0 Å². The molecule has 0 fully saturated rings. The van der Waals surface area contributed by atoms with Crippen LogP contribution in [0.2, 0.25) is 0 Å². The third-order valence-corrected chi connectivity index (χ3v) is 2.85. The third kappa shape index (κ3) is 2.11. The number of para-hydroxylation sites is 1. The van der Waals surface area contributed by atoms with Crippen LogP contribution in [0.1, 0.15) is 18.7 Å². The molecule has 0 aliphatic heterocycles. The lowest BCUT2D eigenvalue weighted by atomic mass is 10.3. The van der Waals surface area contributed by atoms with E-state index in [1.54, 1.807) is 0 Å². The lowest BCUT2D eigenvalue weighted by Crippen LogP contribution is -2.06. The lowest BCUT2D eigenvalue weighted by molar-refractivity contribution is 0.741. The van der Waals surface area contributed by atoms with E-state index in [0.717, 1.165) is 15.9 Å². The first-order chi connectivity index (χ1) is 7.18. The van der Waals surface area contributed by atoms with Crippen molar-refractivity contribution in [1.82, 2.24) is 9.78 Å². The number of hydrogen-bond donors (Lipinski definition) is 1. The maximum atomic E-state index is 5.76. The standard InChI is InChI=1S/C11H12BrN3/c1-8(13)10-6-7-15(14-10)11-5-3-2-4-9(11)12/h2-8H,13H2,1H3/t8-/m0/s1. The molecular weight excluding hydrogens is 254 g/mol. The Balaban J connectivity index is 2.42. The Morgan fingerprint density at radius 2 is 2.07 bits per heavy atom. The number of benzene rings is 1. The summed E-state index contributed by atoms with van der Waals surface area (Å²) in [5.74, 6) is 0. The maximum absolute atomic E-state index is 5.76.